The molecule has 1 aromatic carbocycles. The first-order valence-electron chi connectivity index (χ1n) is 8.26. The minimum Gasteiger partial charge on any atom is -0.497 e. The summed E-state index contributed by atoms with van der Waals surface area (Å²) < 4.78 is 5.20. The molecule has 118 valence electrons. The van der Waals surface area contributed by atoms with E-state index in [2.05, 4.69) is 48.3 Å². The molecule has 0 amide bonds. The van der Waals surface area contributed by atoms with Crippen LogP contribution in [0.15, 0.2) is 24.3 Å². The van der Waals surface area contributed by atoms with Crippen LogP contribution in [0.25, 0.3) is 0 Å². The summed E-state index contributed by atoms with van der Waals surface area (Å²) in [5.74, 6) is 1.81. The fourth-order valence-corrected chi connectivity index (χ4v) is 2.90. The Bertz CT molecular complexity index is 394. The molecule has 21 heavy (non-hydrogen) atoms. The van der Waals surface area contributed by atoms with Gasteiger partial charge < -0.3 is 15.0 Å². The molecule has 1 aliphatic heterocycles. The third kappa shape index (κ3) is 5.68. The van der Waals surface area contributed by atoms with Crippen molar-refractivity contribution in [3.05, 3.63) is 29.8 Å². The summed E-state index contributed by atoms with van der Waals surface area (Å²) in [6.07, 6.45) is 3.81. The van der Waals surface area contributed by atoms with E-state index in [0.29, 0.717) is 6.04 Å². The third-order valence-corrected chi connectivity index (χ3v) is 4.40. The fourth-order valence-electron chi connectivity index (χ4n) is 2.90. The smallest absolute Gasteiger partial charge is 0.118 e. The lowest BCUT2D eigenvalue weighted by molar-refractivity contribution is 0.182. The molecule has 0 saturated carbocycles. The van der Waals surface area contributed by atoms with E-state index >= 15 is 0 Å². The van der Waals surface area contributed by atoms with Gasteiger partial charge in [-0.05, 0) is 62.5 Å². The molecule has 0 aromatic heterocycles. The Kier molecular flexibility index (Phi) is 6.52. The van der Waals surface area contributed by atoms with Gasteiger partial charge in [-0.25, -0.2) is 0 Å². The Labute approximate surface area is 129 Å². The van der Waals surface area contributed by atoms with Gasteiger partial charge in [0.1, 0.15) is 5.75 Å². The maximum atomic E-state index is 5.20. The normalized spacial score (nSPS) is 17.3. The molecular weight excluding hydrogens is 260 g/mol. The second kappa shape index (κ2) is 8.40. The largest absolute Gasteiger partial charge is 0.497 e. The number of benzene rings is 1. The summed E-state index contributed by atoms with van der Waals surface area (Å²) in [6.45, 7) is 9.32. The molecule has 0 spiro atoms. The number of piperidine rings is 1. The summed E-state index contributed by atoms with van der Waals surface area (Å²) >= 11 is 0. The number of hydrogen-bond donors (Lipinski definition) is 1. The molecule has 0 atom stereocenters. The van der Waals surface area contributed by atoms with Crippen LogP contribution in [-0.2, 0) is 6.42 Å². The van der Waals surface area contributed by atoms with Crippen molar-refractivity contribution in [3.8, 4) is 5.75 Å². The Hall–Kier alpha value is -1.06. The number of ether oxygens (including phenoxy) is 1. The van der Waals surface area contributed by atoms with Gasteiger partial charge in [0.15, 0.2) is 0 Å². The van der Waals surface area contributed by atoms with Crippen LogP contribution in [0, 0.1) is 5.92 Å². The Morgan fingerprint density at radius 3 is 2.43 bits per heavy atom. The highest BCUT2D eigenvalue weighted by Gasteiger charge is 2.18. The standard InChI is InChI=1S/C18H30N2O/c1-15(2)19-14-17-9-12-20(13-10-17)11-8-16-4-6-18(21-3)7-5-16/h4-7,15,17,19H,8-14H2,1-3H3. The lowest BCUT2D eigenvalue weighted by Gasteiger charge is -2.32. The molecule has 1 heterocycles. The Balaban J connectivity index is 1.66. The van der Waals surface area contributed by atoms with Crippen LogP contribution in [-0.4, -0.2) is 44.2 Å². The lowest BCUT2D eigenvalue weighted by Crippen LogP contribution is -2.39. The first-order valence-corrected chi connectivity index (χ1v) is 8.26. The van der Waals surface area contributed by atoms with Crippen LogP contribution in [0.2, 0.25) is 0 Å². The number of methoxy groups -OCH3 is 1. The SMILES string of the molecule is COc1ccc(CCN2CCC(CNC(C)C)CC2)cc1. The van der Waals surface area contributed by atoms with Gasteiger partial charge in [-0.15, -0.1) is 0 Å². The monoisotopic (exact) mass is 290 g/mol. The van der Waals surface area contributed by atoms with Crippen molar-refractivity contribution < 1.29 is 4.74 Å². The molecule has 0 unspecified atom stereocenters. The van der Waals surface area contributed by atoms with E-state index < -0.39 is 0 Å². The van der Waals surface area contributed by atoms with Gasteiger partial charge in [0, 0.05) is 12.6 Å². The van der Waals surface area contributed by atoms with Crippen LogP contribution >= 0.6 is 0 Å². The van der Waals surface area contributed by atoms with Crippen molar-refractivity contribution in [2.45, 2.75) is 39.2 Å². The molecule has 3 heteroatoms. The quantitative estimate of drug-likeness (QED) is 0.835. The number of nitrogens with zero attached hydrogens (tertiary/aromatic N) is 1. The highest BCUT2D eigenvalue weighted by molar-refractivity contribution is 5.27. The Morgan fingerprint density at radius 2 is 1.86 bits per heavy atom. The molecule has 1 fully saturated rings. The topological polar surface area (TPSA) is 24.5 Å². The summed E-state index contributed by atoms with van der Waals surface area (Å²) in [5.41, 5.74) is 1.40. The van der Waals surface area contributed by atoms with Gasteiger partial charge in [0.2, 0.25) is 0 Å². The van der Waals surface area contributed by atoms with Gasteiger partial charge in [0.05, 0.1) is 7.11 Å². The van der Waals surface area contributed by atoms with Gasteiger partial charge in [0.25, 0.3) is 0 Å². The average Bonchev–Trinajstić information content (AvgIpc) is 2.52. The van der Waals surface area contributed by atoms with E-state index in [-0.39, 0.29) is 0 Å². The van der Waals surface area contributed by atoms with Crippen LogP contribution in [0.5, 0.6) is 5.75 Å². The predicted molar refractivity (Wildman–Crippen MR) is 89.0 cm³/mol. The molecular formula is C18H30N2O. The molecule has 2 rings (SSSR count). The van der Waals surface area contributed by atoms with Crippen molar-refractivity contribution in [2.75, 3.05) is 33.3 Å². The van der Waals surface area contributed by atoms with Crippen LogP contribution in [0.1, 0.15) is 32.3 Å². The third-order valence-electron chi connectivity index (χ3n) is 4.40. The first-order chi connectivity index (χ1) is 10.2. The molecule has 1 aliphatic rings. The summed E-state index contributed by atoms with van der Waals surface area (Å²) in [6, 6.07) is 9.08. The van der Waals surface area contributed by atoms with E-state index in [1.54, 1.807) is 7.11 Å². The summed E-state index contributed by atoms with van der Waals surface area (Å²) in [4.78, 5) is 2.61. The second-order valence-corrected chi connectivity index (χ2v) is 6.45. The van der Waals surface area contributed by atoms with Crippen LogP contribution in [0.4, 0.5) is 0 Å². The molecule has 1 N–H and O–H groups in total. The van der Waals surface area contributed by atoms with Gasteiger partial charge in [-0.3, -0.25) is 0 Å². The van der Waals surface area contributed by atoms with Crippen molar-refractivity contribution in [2.24, 2.45) is 5.92 Å². The van der Waals surface area contributed by atoms with Crippen molar-refractivity contribution in [1.82, 2.24) is 10.2 Å². The zero-order chi connectivity index (χ0) is 15.1. The second-order valence-electron chi connectivity index (χ2n) is 6.45. The molecule has 0 bridgehead atoms. The van der Waals surface area contributed by atoms with E-state index in [1.165, 1.54) is 44.6 Å². The van der Waals surface area contributed by atoms with E-state index in [4.69, 9.17) is 4.74 Å². The minimum absolute atomic E-state index is 0.609. The van der Waals surface area contributed by atoms with Gasteiger partial charge >= 0.3 is 0 Å². The molecule has 1 saturated heterocycles. The van der Waals surface area contributed by atoms with Gasteiger partial charge in [-0.1, -0.05) is 26.0 Å². The number of rotatable bonds is 7. The fraction of sp³-hybridized carbons (Fsp3) is 0.667. The minimum atomic E-state index is 0.609. The maximum absolute atomic E-state index is 5.20. The zero-order valence-electron chi connectivity index (χ0n) is 13.8. The van der Waals surface area contributed by atoms with Crippen LogP contribution < -0.4 is 10.1 Å². The highest BCUT2D eigenvalue weighted by atomic mass is 16.5. The zero-order valence-corrected chi connectivity index (χ0v) is 13.8. The Morgan fingerprint density at radius 1 is 1.19 bits per heavy atom. The lowest BCUT2D eigenvalue weighted by atomic mass is 9.96. The molecule has 1 aromatic rings. The van der Waals surface area contributed by atoms with Crippen molar-refractivity contribution >= 4 is 0 Å². The predicted octanol–water partition coefficient (Wildman–Crippen LogP) is 2.95. The maximum Gasteiger partial charge on any atom is 0.118 e. The number of likely N-dealkylation sites (tertiary alicyclic amines) is 1. The van der Waals surface area contributed by atoms with Gasteiger partial charge in [-0.2, -0.15) is 0 Å². The highest BCUT2D eigenvalue weighted by Crippen LogP contribution is 2.17. The van der Waals surface area contributed by atoms with E-state index in [9.17, 15) is 0 Å². The molecule has 0 aliphatic carbocycles. The average molecular weight is 290 g/mol. The summed E-state index contributed by atoms with van der Waals surface area (Å²) in [7, 11) is 1.72. The van der Waals surface area contributed by atoms with E-state index in [1.807, 2.05) is 0 Å². The first kappa shape index (κ1) is 16.3. The molecule has 0 radical (unpaired) electrons. The summed E-state index contributed by atoms with van der Waals surface area (Å²) in [5, 5.41) is 3.57. The van der Waals surface area contributed by atoms with Crippen molar-refractivity contribution in [1.29, 1.82) is 0 Å². The van der Waals surface area contributed by atoms with E-state index in [0.717, 1.165) is 18.1 Å². The number of nitrogens with one attached hydrogen (secondary N) is 1. The van der Waals surface area contributed by atoms with Crippen molar-refractivity contribution in [3.63, 3.8) is 0 Å². The number of hydrogen-bond acceptors (Lipinski definition) is 3. The van der Waals surface area contributed by atoms with Crippen LogP contribution in [0.3, 0.4) is 0 Å². The molecule has 3 nitrogen and oxygen atoms in total.